The van der Waals surface area contributed by atoms with Crippen molar-refractivity contribution in [2.75, 3.05) is 0 Å². The number of hydrogen-bond acceptors (Lipinski definition) is 4. The van der Waals surface area contributed by atoms with Gasteiger partial charge in [-0.3, -0.25) is 0 Å². The fourth-order valence-corrected chi connectivity index (χ4v) is 1.52. The normalized spacial score (nSPS) is 11.6. The molecule has 2 rings (SSSR count). The molecular weight excluding hydrogens is 261 g/mol. The molecule has 0 bridgehead atoms. The Kier molecular flexibility index (Phi) is 3.75. The van der Waals surface area contributed by atoms with E-state index in [0.29, 0.717) is 11.3 Å². The van der Waals surface area contributed by atoms with Gasteiger partial charge in [-0.2, -0.15) is 13.2 Å². The van der Waals surface area contributed by atoms with E-state index in [0.717, 1.165) is 6.07 Å². The van der Waals surface area contributed by atoms with E-state index in [9.17, 15) is 13.2 Å². The summed E-state index contributed by atoms with van der Waals surface area (Å²) in [4.78, 5) is 0. The minimum absolute atomic E-state index is 0.0332. The van der Waals surface area contributed by atoms with Crippen LogP contribution in [0.5, 0.6) is 5.75 Å². The summed E-state index contributed by atoms with van der Waals surface area (Å²) in [7, 11) is 0. The van der Waals surface area contributed by atoms with Crippen LogP contribution in [0.3, 0.4) is 0 Å². The summed E-state index contributed by atoms with van der Waals surface area (Å²) < 4.78 is 48.5. The smallest absolute Gasteiger partial charge is 0.419 e. The summed E-state index contributed by atoms with van der Waals surface area (Å²) in [5.41, 5.74) is 4.87. The third kappa shape index (κ3) is 3.25. The summed E-state index contributed by atoms with van der Waals surface area (Å²) in [5, 5.41) is 3.44. The summed E-state index contributed by atoms with van der Waals surface area (Å²) in [6, 6.07) is 5.24. The van der Waals surface area contributed by atoms with Crippen molar-refractivity contribution in [2.45, 2.75) is 19.3 Å². The number of benzene rings is 1. The molecule has 0 spiro atoms. The molecule has 0 aliphatic heterocycles. The third-order valence-corrected chi connectivity index (χ3v) is 2.45. The van der Waals surface area contributed by atoms with Gasteiger partial charge >= 0.3 is 6.18 Å². The predicted molar refractivity (Wildman–Crippen MR) is 60.2 cm³/mol. The third-order valence-electron chi connectivity index (χ3n) is 2.45. The molecule has 0 aliphatic carbocycles. The molecule has 7 heteroatoms. The molecule has 2 aromatic rings. The van der Waals surface area contributed by atoms with E-state index in [2.05, 4.69) is 5.16 Å². The summed E-state index contributed by atoms with van der Waals surface area (Å²) in [5.74, 6) is 0.0807. The summed E-state index contributed by atoms with van der Waals surface area (Å²) in [6.07, 6.45) is -3.11. The minimum atomic E-state index is -4.50. The maximum atomic E-state index is 12.9. The molecule has 0 aliphatic rings. The molecule has 2 N–H and O–H groups in total. The molecule has 0 saturated heterocycles. The molecule has 1 aromatic heterocycles. The molecule has 0 saturated carbocycles. The number of ether oxygens (including phenoxy) is 1. The second-order valence-electron chi connectivity index (χ2n) is 3.80. The molecule has 4 nitrogen and oxygen atoms in total. The quantitative estimate of drug-likeness (QED) is 0.929. The number of nitrogens with two attached hydrogens (primary N) is 1. The lowest BCUT2D eigenvalue weighted by atomic mass is 10.1. The second kappa shape index (κ2) is 5.31. The lowest BCUT2D eigenvalue weighted by Gasteiger charge is -2.14. The van der Waals surface area contributed by atoms with Crippen LogP contribution in [0.4, 0.5) is 13.2 Å². The molecule has 0 radical (unpaired) electrons. The number of rotatable bonds is 4. The SMILES string of the molecule is NCc1ccc(OCc2ccno2)c(C(F)(F)F)c1. The molecule has 1 aromatic carbocycles. The first-order chi connectivity index (χ1) is 9.00. The van der Waals surface area contributed by atoms with E-state index in [4.69, 9.17) is 15.0 Å². The fourth-order valence-electron chi connectivity index (χ4n) is 1.52. The molecule has 0 amide bonds. The zero-order valence-corrected chi connectivity index (χ0v) is 9.78. The van der Waals surface area contributed by atoms with Crippen LogP contribution in [0.25, 0.3) is 0 Å². The minimum Gasteiger partial charge on any atom is -0.485 e. The first-order valence-electron chi connectivity index (χ1n) is 5.43. The van der Waals surface area contributed by atoms with Gasteiger partial charge < -0.3 is 15.0 Å². The number of hydrogen-bond donors (Lipinski definition) is 1. The van der Waals surface area contributed by atoms with Crippen LogP contribution in [0.2, 0.25) is 0 Å². The highest BCUT2D eigenvalue weighted by Gasteiger charge is 2.34. The summed E-state index contributed by atoms with van der Waals surface area (Å²) >= 11 is 0. The van der Waals surface area contributed by atoms with Crippen LogP contribution in [0.1, 0.15) is 16.9 Å². The van der Waals surface area contributed by atoms with E-state index >= 15 is 0 Å². The van der Waals surface area contributed by atoms with Gasteiger partial charge in [-0.25, -0.2) is 0 Å². The van der Waals surface area contributed by atoms with Crippen molar-refractivity contribution in [1.82, 2.24) is 5.16 Å². The molecule has 0 atom stereocenters. The Hall–Kier alpha value is -2.02. The highest BCUT2D eigenvalue weighted by molar-refractivity contribution is 5.39. The first kappa shape index (κ1) is 13.4. The van der Waals surface area contributed by atoms with Gasteiger partial charge in [0, 0.05) is 12.6 Å². The van der Waals surface area contributed by atoms with Crippen LogP contribution >= 0.6 is 0 Å². The highest BCUT2D eigenvalue weighted by atomic mass is 19.4. The number of halogens is 3. The average Bonchev–Trinajstić information content (AvgIpc) is 2.88. The van der Waals surface area contributed by atoms with Crippen molar-refractivity contribution >= 4 is 0 Å². The van der Waals surface area contributed by atoms with Gasteiger partial charge in [0.15, 0.2) is 5.76 Å². The maximum Gasteiger partial charge on any atom is 0.419 e. The van der Waals surface area contributed by atoms with E-state index in [1.807, 2.05) is 0 Å². The Bertz CT molecular complexity index is 538. The van der Waals surface area contributed by atoms with Crippen LogP contribution in [-0.4, -0.2) is 5.16 Å². The van der Waals surface area contributed by atoms with Crippen LogP contribution in [-0.2, 0) is 19.3 Å². The van der Waals surface area contributed by atoms with Crippen molar-refractivity contribution in [1.29, 1.82) is 0 Å². The monoisotopic (exact) mass is 272 g/mol. The second-order valence-corrected chi connectivity index (χ2v) is 3.80. The van der Waals surface area contributed by atoms with E-state index in [-0.39, 0.29) is 18.9 Å². The van der Waals surface area contributed by atoms with Gasteiger partial charge in [-0.1, -0.05) is 11.2 Å². The zero-order chi connectivity index (χ0) is 13.9. The van der Waals surface area contributed by atoms with E-state index in [1.54, 1.807) is 0 Å². The van der Waals surface area contributed by atoms with Crippen LogP contribution < -0.4 is 10.5 Å². The molecule has 102 valence electrons. The summed E-state index contributed by atoms with van der Waals surface area (Å²) in [6.45, 7) is -0.0868. The molecule has 1 heterocycles. The van der Waals surface area contributed by atoms with Crippen LogP contribution in [0, 0.1) is 0 Å². The van der Waals surface area contributed by atoms with Crippen molar-refractivity contribution in [3.8, 4) is 5.75 Å². The number of aromatic nitrogens is 1. The molecular formula is C12H11F3N2O2. The van der Waals surface area contributed by atoms with E-state index < -0.39 is 11.7 Å². The molecule has 19 heavy (non-hydrogen) atoms. The van der Waals surface area contributed by atoms with E-state index in [1.165, 1.54) is 24.4 Å². The van der Waals surface area contributed by atoms with Crippen LogP contribution in [0.15, 0.2) is 35.0 Å². The van der Waals surface area contributed by atoms with Crippen molar-refractivity contribution < 1.29 is 22.4 Å². The van der Waals surface area contributed by atoms with Crippen molar-refractivity contribution in [3.05, 3.63) is 47.3 Å². The Morgan fingerprint density at radius 3 is 2.63 bits per heavy atom. The van der Waals surface area contributed by atoms with Gasteiger partial charge in [0.1, 0.15) is 12.4 Å². The van der Waals surface area contributed by atoms with Gasteiger partial charge in [0.2, 0.25) is 0 Å². The fraction of sp³-hybridized carbons (Fsp3) is 0.250. The van der Waals surface area contributed by atoms with Crippen molar-refractivity contribution in [2.24, 2.45) is 5.73 Å². The Labute approximate surface area is 106 Å². The topological polar surface area (TPSA) is 61.3 Å². The molecule has 0 unspecified atom stereocenters. The standard InChI is InChI=1S/C12H11F3N2O2/c13-12(14,15)10-5-8(6-16)1-2-11(10)18-7-9-3-4-17-19-9/h1-5H,6-7,16H2. The highest BCUT2D eigenvalue weighted by Crippen LogP contribution is 2.37. The average molecular weight is 272 g/mol. The van der Waals surface area contributed by atoms with Gasteiger partial charge in [-0.15, -0.1) is 0 Å². The Morgan fingerprint density at radius 1 is 1.26 bits per heavy atom. The number of alkyl halides is 3. The van der Waals surface area contributed by atoms with Gasteiger partial charge in [-0.05, 0) is 17.7 Å². The molecule has 0 fully saturated rings. The lowest BCUT2D eigenvalue weighted by Crippen LogP contribution is -2.10. The van der Waals surface area contributed by atoms with Crippen molar-refractivity contribution in [3.63, 3.8) is 0 Å². The number of nitrogens with zero attached hydrogens (tertiary/aromatic N) is 1. The predicted octanol–water partition coefficient (Wildman–Crippen LogP) is 2.73. The largest absolute Gasteiger partial charge is 0.485 e. The van der Waals surface area contributed by atoms with Gasteiger partial charge in [0.25, 0.3) is 0 Å². The lowest BCUT2D eigenvalue weighted by molar-refractivity contribution is -0.139. The first-order valence-corrected chi connectivity index (χ1v) is 5.43. The zero-order valence-electron chi connectivity index (χ0n) is 9.78. The Balaban J connectivity index is 2.23. The Morgan fingerprint density at radius 2 is 2.05 bits per heavy atom. The maximum absolute atomic E-state index is 12.9. The van der Waals surface area contributed by atoms with Gasteiger partial charge in [0.05, 0.1) is 11.8 Å².